The predicted molar refractivity (Wildman–Crippen MR) is 63.1 cm³/mol. The summed E-state index contributed by atoms with van der Waals surface area (Å²) in [5, 5.41) is 9.39. The Morgan fingerprint density at radius 2 is 2.22 bits per heavy atom. The van der Waals surface area contributed by atoms with Gasteiger partial charge in [-0.1, -0.05) is 6.92 Å². The summed E-state index contributed by atoms with van der Waals surface area (Å²) in [6, 6.07) is 3.20. The molecule has 1 aromatic rings. The highest BCUT2D eigenvalue weighted by molar-refractivity contribution is 5.75. The molecule has 0 amide bonds. The van der Waals surface area contributed by atoms with Gasteiger partial charge in [-0.3, -0.25) is 4.79 Å². The third kappa shape index (κ3) is 2.37. The summed E-state index contributed by atoms with van der Waals surface area (Å²) in [7, 11) is 0. The monoisotopic (exact) mass is 254 g/mol. The van der Waals surface area contributed by atoms with Crippen LogP contribution in [0.4, 0.5) is 8.78 Å². The van der Waals surface area contributed by atoms with Crippen molar-refractivity contribution in [2.45, 2.75) is 32.6 Å². The van der Waals surface area contributed by atoms with Crippen molar-refractivity contribution in [3.8, 4) is 0 Å². The van der Waals surface area contributed by atoms with Crippen LogP contribution in [0, 0.1) is 23.0 Å². The molecular formula is C14H16F2O2. The molecule has 1 aliphatic carbocycles. The van der Waals surface area contributed by atoms with Crippen LogP contribution < -0.4 is 0 Å². The Labute approximate surface area is 105 Å². The molecule has 0 radical (unpaired) electrons. The molecule has 0 heterocycles. The first kappa shape index (κ1) is 13.0. The largest absolute Gasteiger partial charge is 0.481 e. The van der Waals surface area contributed by atoms with Crippen LogP contribution in [0.25, 0.3) is 0 Å². The normalized spacial score (nSPS) is 27.4. The summed E-state index contributed by atoms with van der Waals surface area (Å²) >= 11 is 0. The van der Waals surface area contributed by atoms with Gasteiger partial charge in [-0.05, 0) is 55.4 Å². The lowest BCUT2D eigenvalue weighted by Gasteiger charge is -2.24. The van der Waals surface area contributed by atoms with E-state index in [9.17, 15) is 18.7 Å². The van der Waals surface area contributed by atoms with E-state index in [4.69, 9.17) is 0 Å². The van der Waals surface area contributed by atoms with Crippen molar-refractivity contribution in [3.05, 3.63) is 35.4 Å². The number of carboxylic acid groups (broad SMARTS) is 1. The molecule has 98 valence electrons. The molecule has 0 aliphatic heterocycles. The minimum absolute atomic E-state index is 0.0657. The van der Waals surface area contributed by atoms with E-state index in [1.165, 1.54) is 0 Å². The number of halogens is 2. The molecule has 2 rings (SSSR count). The van der Waals surface area contributed by atoms with Crippen molar-refractivity contribution in [3.63, 3.8) is 0 Å². The van der Waals surface area contributed by atoms with Crippen molar-refractivity contribution in [1.29, 1.82) is 0 Å². The number of benzene rings is 1. The molecule has 4 heteroatoms. The SMILES string of the molecule is CC1CCC(Cc2cc(F)ccc2F)(C(=O)O)C1. The number of rotatable bonds is 3. The van der Waals surface area contributed by atoms with Gasteiger partial charge < -0.3 is 5.11 Å². The van der Waals surface area contributed by atoms with Crippen LogP contribution in [0.3, 0.4) is 0 Å². The first-order chi connectivity index (χ1) is 8.43. The van der Waals surface area contributed by atoms with Crippen LogP contribution in [-0.4, -0.2) is 11.1 Å². The molecular weight excluding hydrogens is 238 g/mol. The highest BCUT2D eigenvalue weighted by Gasteiger charge is 2.44. The maximum absolute atomic E-state index is 13.6. The molecule has 1 aliphatic rings. The Balaban J connectivity index is 2.30. The van der Waals surface area contributed by atoms with E-state index in [0.717, 1.165) is 24.6 Å². The quantitative estimate of drug-likeness (QED) is 0.897. The van der Waals surface area contributed by atoms with Gasteiger partial charge in [-0.2, -0.15) is 0 Å². The smallest absolute Gasteiger partial charge is 0.309 e. The lowest BCUT2D eigenvalue weighted by atomic mass is 9.79. The van der Waals surface area contributed by atoms with E-state index in [1.54, 1.807) is 0 Å². The standard InChI is InChI=1S/C14H16F2O2/c1-9-4-5-14(7-9,13(17)18)8-10-6-11(15)2-3-12(10)16/h2-3,6,9H,4-5,7-8H2,1H3,(H,17,18). The average Bonchev–Trinajstić information content (AvgIpc) is 2.67. The first-order valence-corrected chi connectivity index (χ1v) is 6.10. The molecule has 1 aromatic carbocycles. The van der Waals surface area contributed by atoms with Crippen molar-refractivity contribution in [2.75, 3.05) is 0 Å². The van der Waals surface area contributed by atoms with Gasteiger partial charge >= 0.3 is 5.97 Å². The fourth-order valence-corrected chi connectivity index (χ4v) is 2.87. The second-order valence-corrected chi connectivity index (χ2v) is 5.35. The van der Waals surface area contributed by atoms with E-state index in [2.05, 4.69) is 0 Å². The van der Waals surface area contributed by atoms with E-state index in [1.807, 2.05) is 6.92 Å². The Hall–Kier alpha value is -1.45. The molecule has 1 fully saturated rings. The van der Waals surface area contributed by atoms with Crippen LogP contribution in [0.15, 0.2) is 18.2 Å². The summed E-state index contributed by atoms with van der Waals surface area (Å²) in [6.45, 7) is 1.99. The number of aliphatic carboxylic acids is 1. The van der Waals surface area contributed by atoms with Crippen LogP contribution >= 0.6 is 0 Å². The highest BCUT2D eigenvalue weighted by Crippen LogP contribution is 2.44. The second kappa shape index (κ2) is 4.67. The van der Waals surface area contributed by atoms with Gasteiger partial charge in [0, 0.05) is 0 Å². The number of carboxylic acids is 1. The number of carbonyl (C=O) groups is 1. The lowest BCUT2D eigenvalue weighted by Crippen LogP contribution is -2.31. The highest BCUT2D eigenvalue weighted by atomic mass is 19.1. The Bertz CT molecular complexity index is 473. The van der Waals surface area contributed by atoms with Crippen LogP contribution in [0.2, 0.25) is 0 Å². The fraction of sp³-hybridized carbons (Fsp3) is 0.500. The fourth-order valence-electron chi connectivity index (χ4n) is 2.87. The molecule has 0 spiro atoms. The van der Waals surface area contributed by atoms with Crippen molar-refractivity contribution in [2.24, 2.45) is 11.3 Å². The number of hydrogen-bond donors (Lipinski definition) is 1. The van der Waals surface area contributed by atoms with Crippen LogP contribution in [0.5, 0.6) is 0 Å². The summed E-state index contributed by atoms with van der Waals surface area (Å²) in [5.74, 6) is -1.65. The molecule has 2 unspecified atom stereocenters. The summed E-state index contributed by atoms with van der Waals surface area (Å²) in [4.78, 5) is 11.5. The van der Waals surface area contributed by atoms with Gasteiger partial charge in [0.1, 0.15) is 11.6 Å². The molecule has 18 heavy (non-hydrogen) atoms. The average molecular weight is 254 g/mol. The Morgan fingerprint density at radius 1 is 1.50 bits per heavy atom. The summed E-state index contributed by atoms with van der Waals surface area (Å²) < 4.78 is 26.7. The molecule has 2 atom stereocenters. The van der Waals surface area contributed by atoms with E-state index in [0.29, 0.717) is 18.8 Å². The summed E-state index contributed by atoms with van der Waals surface area (Å²) in [6.07, 6.45) is 1.94. The van der Waals surface area contributed by atoms with E-state index >= 15 is 0 Å². The van der Waals surface area contributed by atoms with Gasteiger partial charge in [0.2, 0.25) is 0 Å². The van der Waals surface area contributed by atoms with Crippen molar-refractivity contribution >= 4 is 5.97 Å². The second-order valence-electron chi connectivity index (χ2n) is 5.35. The van der Waals surface area contributed by atoms with Gasteiger partial charge in [-0.25, -0.2) is 8.78 Å². The molecule has 1 saturated carbocycles. The molecule has 2 nitrogen and oxygen atoms in total. The minimum Gasteiger partial charge on any atom is -0.481 e. The summed E-state index contributed by atoms with van der Waals surface area (Å²) in [5.41, 5.74) is -0.778. The Morgan fingerprint density at radius 3 is 2.78 bits per heavy atom. The van der Waals surface area contributed by atoms with Gasteiger partial charge in [0.05, 0.1) is 5.41 Å². The lowest BCUT2D eigenvalue weighted by molar-refractivity contribution is -0.148. The third-order valence-corrected chi connectivity index (χ3v) is 3.85. The third-order valence-electron chi connectivity index (χ3n) is 3.85. The van der Waals surface area contributed by atoms with E-state index < -0.39 is 23.0 Å². The minimum atomic E-state index is -0.936. The zero-order valence-electron chi connectivity index (χ0n) is 10.2. The topological polar surface area (TPSA) is 37.3 Å². The maximum atomic E-state index is 13.6. The number of hydrogen-bond acceptors (Lipinski definition) is 1. The first-order valence-electron chi connectivity index (χ1n) is 6.10. The zero-order valence-corrected chi connectivity index (χ0v) is 10.2. The van der Waals surface area contributed by atoms with Gasteiger partial charge in [-0.15, -0.1) is 0 Å². The predicted octanol–water partition coefficient (Wildman–Crippen LogP) is 3.40. The molecule has 0 aromatic heterocycles. The molecule has 1 N–H and O–H groups in total. The zero-order chi connectivity index (χ0) is 13.3. The van der Waals surface area contributed by atoms with Crippen LogP contribution in [0.1, 0.15) is 31.7 Å². The van der Waals surface area contributed by atoms with Gasteiger partial charge in [0.15, 0.2) is 0 Å². The van der Waals surface area contributed by atoms with Crippen LogP contribution in [-0.2, 0) is 11.2 Å². The van der Waals surface area contributed by atoms with E-state index in [-0.39, 0.29) is 12.0 Å². The Kier molecular flexibility index (Phi) is 3.37. The van der Waals surface area contributed by atoms with Crippen molar-refractivity contribution < 1.29 is 18.7 Å². The van der Waals surface area contributed by atoms with Crippen molar-refractivity contribution in [1.82, 2.24) is 0 Å². The molecule has 0 saturated heterocycles. The maximum Gasteiger partial charge on any atom is 0.309 e. The molecule has 0 bridgehead atoms. The van der Waals surface area contributed by atoms with Gasteiger partial charge in [0.25, 0.3) is 0 Å².